The first kappa shape index (κ1) is 17.7. The van der Waals surface area contributed by atoms with Crippen LogP contribution in [0.4, 0.5) is 0 Å². The van der Waals surface area contributed by atoms with Crippen LogP contribution in [0.2, 0.25) is 0 Å². The summed E-state index contributed by atoms with van der Waals surface area (Å²) in [6.45, 7) is 5.76. The normalized spacial score (nSPS) is 24.7. The van der Waals surface area contributed by atoms with E-state index in [-0.39, 0.29) is 0 Å². The van der Waals surface area contributed by atoms with Crippen LogP contribution in [-0.2, 0) is 24.5 Å². The van der Waals surface area contributed by atoms with Crippen molar-refractivity contribution in [3.63, 3.8) is 0 Å². The van der Waals surface area contributed by atoms with Gasteiger partial charge >= 0.3 is 11.9 Å². The van der Waals surface area contributed by atoms with Gasteiger partial charge in [0.05, 0.1) is 22.3 Å². The number of hydrogen-bond donors (Lipinski definition) is 0. The zero-order valence-corrected chi connectivity index (χ0v) is 16.5. The summed E-state index contributed by atoms with van der Waals surface area (Å²) in [6, 6.07) is 19.5. The van der Waals surface area contributed by atoms with E-state index in [1.54, 1.807) is 0 Å². The Balaban J connectivity index is 2.00. The van der Waals surface area contributed by atoms with Crippen molar-refractivity contribution < 1.29 is 19.1 Å². The topological polar surface area (TPSA) is 52.6 Å². The summed E-state index contributed by atoms with van der Waals surface area (Å²) >= 11 is 0. The Hall–Kier alpha value is -3.40. The van der Waals surface area contributed by atoms with Crippen molar-refractivity contribution in [3.05, 3.63) is 106 Å². The molecule has 4 heteroatoms. The van der Waals surface area contributed by atoms with Crippen molar-refractivity contribution in [2.45, 2.75) is 31.8 Å². The van der Waals surface area contributed by atoms with Crippen molar-refractivity contribution >= 4 is 11.9 Å². The second kappa shape index (κ2) is 5.80. The van der Waals surface area contributed by atoms with Crippen LogP contribution in [0, 0.1) is 0 Å². The molecule has 1 atom stereocenters. The fourth-order valence-electron chi connectivity index (χ4n) is 5.32. The Morgan fingerprint density at radius 3 is 1.90 bits per heavy atom. The molecule has 2 aromatic carbocycles. The van der Waals surface area contributed by atoms with E-state index in [1.807, 2.05) is 87.5 Å². The lowest BCUT2D eigenvalue weighted by Gasteiger charge is -2.50. The molecule has 3 aliphatic rings. The van der Waals surface area contributed by atoms with Gasteiger partial charge in [0.1, 0.15) is 5.60 Å². The minimum Gasteiger partial charge on any atom is -0.486 e. The number of fused-ring (bicyclic) bond motifs is 1. The van der Waals surface area contributed by atoms with E-state index in [0.29, 0.717) is 11.1 Å². The van der Waals surface area contributed by atoms with Crippen LogP contribution in [0.3, 0.4) is 0 Å². The molecule has 0 aromatic heterocycles. The summed E-state index contributed by atoms with van der Waals surface area (Å²) in [7, 11) is 0. The zero-order valence-electron chi connectivity index (χ0n) is 16.5. The van der Waals surface area contributed by atoms with Gasteiger partial charge in [0.2, 0.25) is 0 Å². The lowest BCUT2D eigenvalue weighted by Crippen LogP contribution is -2.56. The van der Waals surface area contributed by atoms with Crippen LogP contribution in [0.25, 0.3) is 0 Å². The van der Waals surface area contributed by atoms with Crippen molar-refractivity contribution in [1.82, 2.24) is 0 Å². The third-order valence-corrected chi connectivity index (χ3v) is 6.35. The van der Waals surface area contributed by atoms with Gasteiger partial charge in [-0.2, -0.15) is 0 Å². The van der Waals surface area contributed by atoms with E-state index in [2.05, 4.69) is 0 Å². The minimum absolute atomic E-state index is 0.352. The first-order valence-corrected chi connectivity index (χ1v) is 9.62. The highest BCUT2D eigenvalue weighted by molar-refractivity contribution is 6.17. The van der Waals surface area contributed by atoms with Crippen LogP contribution in [0.15, 0.2) is 94.8 Å². The van der Waals surface area contributed by atoms with Crippen LogP contribution in [0.5, 0.6) is 0 Å². The number of rotatable bonds is 2. The Morgan fingerprint density at radius 1 is 0.793 bits per heavy atom. The molecule has 0 saturated heterocycles. The van der Waals surface area contributed by atoms with Crippen LogP contribution >= 0.6 is 0 Å². The van der Waals surface area contributed by atoms with Crippen molar-refractivity contribution in [3.8, 4) is 0 Å². The number of carbonyl (C=O) groups excluding carboxylic acids is 2. The molecule has 0 fully saturated rings. The van der Waals surface area contributed by atoms with Crippen molar-refractivity contribution in [2.24, 2.45) is 0 Å². The molecular formula is C25H20O4. The van der Waals surface area contributed by atoms with E-state index < -0.39 is 23.0 Å². The average Bonchev–Trinajstić information content (AvgIpc) is 3.20. The third kappa shape index (κ3) is 2.03. The number of cyclic esters (lactones) is 2. The van der Waals surface area contributed by atoms with E-state index in [0.717, 1.165) is 28.0 Å². The molecule has 0 spiro atoms. The first-order chi connectivity index (χ1) is 13.9. The summed E-state index contributed by atoms with van der Waals surface area (Å²) in [4.78, 5) is 25.9. The van der Waals surface area contributed by atoms with E-state index in [9.17, 15) is 9.59 Å². The van der Waals surface area contributed by atoms with Gasteiger partial charge in [0.15, 0.2) is 0 Å². The Kier molecular flexibility index (Phi) is 3.54. The van der Waals surface area contributed by atoms with Gasteiger partial charge in [-0.25, -0.2) is 9.59 Å². The summed E-state index contributed by atoms with van der Waals surface area (Å²) in [5.41, 5.74) is 2.15. The molecule has 0 bridgehead atoms. The molecule has 0 saturated carbocycles. The molecule has 2 aromatic rings. The summed E-state index contributed by atoms with van der Waals surface area (Å²) < 4.78 is 11.6. The predicted octanol–water partition coefficient (Wildman–Crippen LogP) is 4.38. The average molecular weight is 384 g/mol. The fourth-order valence-corrected chi connectivity index (χ4v) is 5.32. The molecule has 1 aliphatic carbocycles. The van der Waals surface area contributed by atoms with E-state index in [4.69, 9.17) is 9.47 Å². The zero-order chi connectivity index (χ0) is 20.4. The molecule has 0 N–H and O–H groups in total. The van der Waals surface area contributed by atoms with E-state index in [1.165, 1.54) is 0 Å². The van der Waals surface area contributed by atoms with Gasteiger partial charge in [-0.05, 0) is 43.5 Å². The standard InChI is InChI=1S/C25H20O4/c1-15-14-19-16(2)20-21(23(27)28-22(20)26)25(24(19,3)29-15,17-10-6-4-7-11-17)18-12-8-5-9-13-18/h4-14H,1-3H3/t24-/m1/s1. The summed E-state index contributed by atoms with van der Waals surface area (Å²) in [6.07, 6.45) is 1.97. The Morgan fingerprint density at radius 2 is 1.34 bits per heavy atom. The fraction of sp³-hybridized carbons (Fsp3) is 0.200. The molecule has 4 nitrogen and oxygen atoms in total. The molecule has 2 heterocycles. The van der Waals surface area contributed by atoms with Gasteiger partial charge in [-0.3, -0.25) is 0 Å². The number of ether oxygens (including phenoxy) is 2. The van der Waals surface area contributed by atoms with Gasteiger partial charge in [0.25, 0.3) is 0 Å². The lowest BCUT2D eigenvalue weighted by atomic mass is 9.53. The van der Waals surface area contributed by atoms with Gasteiger partial charge in [-0.15, -0.1) is 0 Å². The smallest absolute Gasteiger partial charge is 0.346 e. The third-order valence-electron chi connectivity index (χ3n) is 6.35. The minimum atomic E-state index is -1.03. The molecule has 144 valence electrons. The van der Waals surface area contributed by atoms with Crippen LogP contribution < -0.4 is 0 Å². The maximum absolute atomic E-state index is 13.1. The largest absolute Gasteiger partial charge is 0.486 e. The maximum atomic E-state index is 13.1. The number of benzene rings is 2. The maximum Gasteiger partial charge on any atom is 0.346 e. The molecule has 0 radical (unpaired) electrons. The Bertz CT molecular complexity index is 1110. The highest BCUT2D eigenvalue weighted by Crippen LogP contribution is 2.61. The van der Waals surface area contributed by atoms with Gasteiger partial charge < -0.3 is 9.47 Å². The monoisotopic (exact) mass is 384 g/mol. The highest BCUT2D eigenvalue weighted by atomic mass is 16.6. The summed E-state index contributed by atoms with van der Waals surface area (Å²) in [5.74, 6) is -0.447. The highest BCUT2D eigenvalue weighted by Gasteiger charge is 2.66. The first-order valence-electron chi connectivity index (χ1n) is 9.62. The molecular weight excluding hydrogens is 364 g/mol. The van der Waals surface area contributed by atoms with Gasteiger partial charge in [-0.1, -0.05) is 60.7 Å². The number of allylic oxidation sites excluding steroid dienone is 1. The Labute approximate surface area is 169 Å². The predicted molar refractivity (Wildman–Crippen MR) is 108 cm³/mol. The van der Waals surface area contributed by atoms with Crippen molar-refractivity contribution in [1.29, 1.82) is 0 Å². The SMILES string of the molecule is CC1=CC2=C(C)C3=C(C(=O)OC3=O)C(c3ccccc3)(c3ccccc3)[C@]2(C)O1. The molecule has 0 amide bonds. The lowest BCUT2D eigenvalue weighted by molar-refractivity contribution is -0.151. The molecule has 5 rings (SSSR count). The number of carbonyl (C=O) groups is 2. The quantitative estimate of drug-likeness (QED) is 0.570. The second-order valence-corrected chi connectivity index (χ2v) is 7.84. The van der Waals surface area contributed by atoms with Gasteiger partial charge in [0, 0.05) is 5.57 Å². The number of esters is 2. The van der Waals surface area contributed by atoms with Crippen LogP contribution in [-0.4, -0.2) is 17.5 Å². The second-order valence-electron chi connectivity index (χ2n) is 7.84. The van der Waals surface area contributed by atoms with Crippen molar-refractivity contribution in [2.75, 3.05) is 0 Å². The molecule has 29 heavy (non-hydrogen) atoms. The van der Waals surface area contributed by atoms with Crippen LogP contribution in [0.1, 0.15) is 31.9 Å². The molecule has 2 aliphatic heterocycles. The number of hydrogen-bond acceptors (Lipinski definition) is 4. The summed E-state index contributed by atoms with van der Waals surface area (Å²) in [5, 5.41) is 0. The van der Waals surface area contributed by atoms with E-state index >= 15 is 0 Å². The molecule has 0 unspecified atom stereocenters.